The highest BCUT2D eigenvalue weighted by atomic mass is 16.3. The van der Waals surface area contributed by atoms with Crippen LogP contribution in [0.15, 0.2) is 24.3 Å². The fourth-order valence-electron chi connectivity index (χ4n) is 3.13. The van der Waals surface area contributed by atoms with Gasteiger partial charge >= 0.3 is 0 Å². The van der Waals surface area contributed by atoms with E-state index in [1.54, 1.807) is 24.3 Å². The first-order chi connectivity index (χ1) is 10.0. The molecule has 0 radical (unpaired) electrons. The number of rotatable bonds is 4. The standard InChI is InChI=1S/C16H20N2O3/c1-16(11-19)6-7-17(10-16)8-9-18-14(20)12-4-2-3-5-13(12)15(18)21/h2-5,19H,6-11H2,1H3. The highest BCUT2D eigenvalue weighted by Crippen LogP contribution is 2.29. The lowest BCUT2D eigenvalue weighted by Gasteiger charge is -2.23. The van der Waals surface area contributed by atoms with Gasteiger partial charge in [0, 0.05) is 31.7 Å². The average molecular weight is 288 g/mol. The second kappa shape index (κ2) is 5.24. The van der Waals surface area contributed by atoms with E-state index in [-0.39, 0.29) is 23.8 Å². The Hall–Kier alpha value is -1.72. The van der Waals surface area contributed by atoms with E-state index in [4.69, 9.17) is 0 Å². The normalized spacial score (nSPS) is 25.7. The fraction of sp³-hybridized carbons (Fsp3) is 0.500. The Balaban J connectivity index is 1.63. The highest BCUT2D eigenvalue weighted by molar-refractivity contribution is 6.21. The van der Waals surface area contributed by atoms with Gasteiger partial charge in [0.1, 0.15) is 0 Å². The lowest BCUT2D eigenvalue weighted by Crippen LogP contribution is -2.38. The zero-order valence-corrected chi connectivity index (χ0v) is 12.2. The number of carbonyl (C=O) groups is 2. The second-order valence-corrected chi connectivity index (χ2v) is 6.30. The summed E-state index contributed by atoms with van der Waals surface area (Å²) in [6.07, 6.45) is 0.950. The number of aliphatic hydroxyl groups is 1. The van der Waals surface area contributed by atoms with Crippen LogP contribution < -0.4 is 0 Å². The molecule has 1 N–H and O–H groups in total. The monoisotopic (exact) mass is 288 g/mol. The van der Waals surface area contributed by atoms with Crippen molar-refractivity contribution in [2.24, 2.45) is 5.41 Å². The number of carbonyl (C=O) groups excluding carboxylic acids is 2. The van der Waals surface area contributed by atoms with Crippen molar-refractivity contribution in [2.75, 3.05) is 32.8 Å². The number of benzene rings is 1. The smallest absolute Gasteiger partial charge is 0.261 e. The minimum atomic E-state index is -0.195. The Kier molecular flexibility index (Phi) is 3.55. The summed E-state index contributed by atoms with van der Waals surface area (Å²) in [5.74, 6) is -0.389. The van der Waals surface area contributed by atoms with Crippen LogP contribution in [0.5, 0.6) is 0 Å². The number of nitrogens with zero attached hydrogens (tertiary/aromatic N) is 2. The van der Waals surface area contributed by atoms with Crippen LogP contribution >= 0.6 is 0 Å². The Bertz CT molecular complexity index is 552. The van der Waals surface area contributed by atoms with E-state index >= 15 is 0 Å². The van der Waals surface area contributed by atoms with Crippen LogP contribution in [0.1, 0.15) is 34.1 Å². The highest BCUT2D eigenvalue weighted by Gasteiger charge is 2.37. The molecule has 21 heavy (non-hydrogen) atoms. The summed E-state index contributed by atoms with van der Waals surface area (Å²) < 4.78 is 0. The first kappa shape index (κ1) is 14.2. The number of hydrogen-bond donors (Lipinski definition) is 1. The van der Waals surface area contributed by atoms with Gasteiger partial charge in [-0.25, -0.2) is 0 Å². The number of hydrogen-bond acceptors (Lipinski definition) is 4. The molecular weight excluding hydrogens is 268 g/mol. The van der Waals surface area contributed by atoms with Gasteiger partial charge in [-0.1, -0.05) is 19.1 Å². The maximum atomic E-state index is 12.2. The van der Waals surface area contributed by atoms with Crippen molar-refractivity contribution in [1.82, 2.24) is 9.80 Å². The molecular formula is C16H20N2O3. The molecule has 1 atom stereocenters. The van der Waals surface area contributed by atoms with E-state index in [2.05, 4.69) is 11.8 Å². The predicted molar refractivity (Wildman–Crippen MR) is 78.1 cm³/mol. The van der Waals surface area contributed by atoms with E-state index in [0.29, 0.717) is 24.2 Å². The predicted octanol–water partition coefficient (Wildman–Crippen LogP) is 0.987. The number of aliphatic hydroxyl groups excluding tert-OH is 1. The van der Waals surface area contributed by atoms with Gasteiger partial charge in [-0.2, -0.15) is 0 Å². The zero-order valence-electron chi connectivity index (χ0n) is 12.2. The molecule has 2 aliphatic heterocycles. The Morgan fingerprint density at radius 2 is 1.76 bits per heavy atom. The molecule has 1 unspecified atom stereocenters. The Morgan fingerprint density at radius 3 is 2.29 bits per heavy atom. The van der Waals surface area contributed by atoms with Gasteiger partial charge in [0.05, 0.1) is 11.1 Å². The van der Waals surface area contributed by atoms with Crippen molar-refractivity contribution in [3.8, 4) is 0 Å². The van der Waals surface area contributed by atoms with Crippen LogP contribution in [0.2, 0.25) is 0 Å². The molecule has 0 aromatic heterocycles. The second-order valence-electron chi connectivity index (χ2n) is 6.30. The maximum Gasteiger partial charge on any atom is 0.261 e. The molecule has 2 amide bonds. The zero-order chi connectivity index (χ0) is 15.0. The van der Waals surface area contributed by atoms with Crippen LogP contribution in [0, 0.1) is 5.41 Å². The van der Waals surface area contributed by atoms with Gasteiger partial charge < -0.3 is 10.0 Å². The molecule has 1 saturated heterocycles. The SMILES string of the molecule is CC1(CO)CCN(CCN2C(=O)c3ccccc3C2=O)C1. The van der Waals surface area contributed by atoms with Gasteiger partial charge in [0.2, 0.25) is 0 Å². The van der Waals surface area contributed by atoms with Gasteiger partial charge in [0.25, 0.3) is 11.8 Å². The first-order valence-electron chi connectivity index (χ1n) is 7.32. The third-order valence-electron chi connectivity index (χ3n) is 4.54. The third kappa shape index (κ3) is 2.47. The number of likely N-dealkylation sites (tertiary alicyclic amines) is 1. The van der Waals surface area contributed by atoms with Gasteiger partial charge in [-0.05, 0) is 25.1 Å². The van der Waals surface area contributed by atoms with Gasteiger partial charge in [-0.3, -0.25) is 14.5 Å². The van der Waals surface area contributed by atoms with Crippen molar-refractivity contribution >= 4 is 11.8 Å². The van der Waals surface area contributed by atoms with Crippen molar-refractivity contribution in [3.05, 3.63) is 35.4 Å². The summed E-state index contributed by atoms with van der Waals surface area (Å²) in [7, 11) is 0. The summed E-state index contributed by atoms with van der Waals surface area (Å²) in [5.41, 5.74) is 0.954. The van der Waals surface area contributed by atoms with Gasteiger partial charge in [-0.15, -0.1) is 0 Å². The van der Waals surface area contributed by atoms with E-state index in [0.717, 1.165) is 19.5 Å². The summed E-state index contributed by atoms with van der Waals surface area (Å²) in [5, 5.41) is 9.38. The lowest BCUT2D eigenvalue weighted by atomic mass is 9.91. The summed E-state index contributed by atoms with van der Waals surface area (Å²) in [6.45, 7) is 5.04. The molecule has 0 aliphatic carbocycles. The Morgan fingerprint density at radius 1 is 1.14 bits per heavy atom. The van der Waals surface area contributed by atoms with E-state index in [9.17, 15) is 14.7 Å². The largest absolute Gasteiger partial charge is 0.396 e. The number of imide groups is 1. The third-order valence-corrected chi connectivity index (χ3v) is 4.54. The Labute approximate surface area is 124 Å². The van der Waals surface area contributed by atoms with E-state index in [1.807, 2.05) is 0 Å². The van der Waals surface area contributed by atoms with Crippen LogP contribution in [0.3, 0.4) is 0 Å². The fourth-order valence-corrected chi connectivity index (χ4v) is 3.13. The molecule has 1 aromatic carbocycles. The van der Waals surface area contributed by atoms with Gasteiger partial charge in [0.15, 0.2) is 0 Å². The van der Waals surface area contributed by atoms with Crippen LogP contribution in [0.25, 0.3) is 0 Å². The molecule has 2 aliphatic rings. The molecule has 5 heteroatoms. The molecule has 0 spiro atoms. The summed E-state index contributed by atoms with van der Waals surface area (Å²) in [4.78, 5) is 28.0. The van der Waals surface area contributed by atoms with E-state index in [1.165, 1.54) is 4.90 Å². The van der Waals surface area contributed by atoms with E-state index < -0.39 is 0 Å². The quantitative estimate of drug-likeness (QED) is 0.839. The van der Waals surface area contributed by atoms with Crippen LogP contribution in [-0.2, 0) is 0 Å². The summed E-state index contributed by atoms with van der Waals surface area (Å²) in [6, 6.07) is 6.96. The topological polar surface area (TPSA) is 60.9 Å². The minimum absolute atomic E-state index is 0.0536. The van der Waals surface area contributed by atoms with Crippen molar-refractivity contribution in [3.63, 3.8) is 0 Å². The lowest BCUT2D eigenvalue weighted by molar-refractivity contribution is 0.0636. The average Bonchev–Trinajstić information content (AvgIpc) is 2.99. The minimum Gasteiger partial charge on any atom is -0.396 e. The molecule has 3 rings (SSSR count). The molecule has 5 nitrogen and oxygen atoms in total. The molecule has 1 fully saturated rings. The molecule has 0 saturated carbocycles. The van der Waals surface area contributed by atoms with Crippen molar-refractivity contribution in [2.45, 2.75) is 13.3 Å². The molecule has 112 valence electrons. The number of fused-ring (bicyclic) bond motifs is 1. The maximum absolute atomic E-state index is 12.2. The molecule has 2 heterocycles. The number of amides is 2. The molecule has 0 bridgehead atoms. The summed E-state index contributed by atoms with van der Waals surface area (Å²) >= 11 is 0. The van der Waals surface area contributed by atoms with Crippen LogP contribution in [0.4, 0.5) is 0 Å². The van der Waals surface area contributed by atoms with Crippen molar-refractivity contribution in [1.29, 1.82) is 0 Å². The van der Waals surface area contributed by atoms with Crippen LogP contribution in [-0.4, -0.2) is 59.5 Å². The molecule has 1 aromatic rings. The van der Waals surface area contributed by atoms with Crippen molar-refractivity contribution < 1.29 is 14.7 Å². The first-order valence-corrected chi connectivity index (χ1v) is 7.32.